The van der Waals surface area contributed by atoms with E-state index in [1.54, 1.807) is 18.2 Å². The van der Waals surface area contributed by atoms with Crippen molar-refractivity contribution in [3.8, 4) is 5.75 Å². The molecule has 1 unspecified atom stereocenters. The van der Waals surface area contributed by atoms with Crippen LogP contribution in [0.15, 0.2) is 48.0 Å². The zero-order valence-electron chi connectivity index (χ0n) is 18.4. The van der Waals surface area contributed by atoms with E-state index in [1.807, 2.05) is 39.8 Å². The smallest absolute Gasteiger partial charge is 0.295 e. The lowest BCUT2D eigenvalue weighted by atomic mass is 9.93. The fourth-order valence-electron chi connectivity index (χ4n) is 3.84. The summed E-state index contributed by atoms with van der Waals surface area (Å²) in [6, 6.07) is 11.2. The van der Waals surface area contributed by atoms with Gasteiger partial charge >= 0.3 is 0 Å². The maximum absolute atomic E-state index is 13.0. The van der Waals surface area contributed by atoms with Crippen molar-refractivity contribution in [2.45, 2.75) is 46.3 Å². The molecule has 1 heterocycles. The molecule has 1 aliphatic heterocycles. The minimum Gasteiger partial charge on any atom is -0.508 e. The number of ketones is 1. The molecule has 6 heteroatoms. The van der Waals surface area contributed by atoms with Crippen LogP contribution in [0.4, 0.5) is 0 Å². The summed E-state index contributed by atoms with van der Waals surface area (Å²) in [6.07, 6.45) is 0.617. The molecule has 0 aliphatic carbocycles. The molecule has 1 amide bonds. The van der Waals surface area contributed by atoms with E-state index in [1.165, 1.54) is 17.0 Å². The predicted octanol–water partition coefficient (Wildman–Crippen LogP) is 4.25. The van der Waals surface area contributed by atoms with Crippen LogP contribution in [-0.4, -0.2) is 46.1 Å². The van der Waals surface area contributed by atoms with Gasteiger partial charge in [-0.05, 0) is 63.4 Å². The van der Waals surface area contributed by atoms with E-state index < -0.39 is 17.7 Å². The fourth-order valence-corrected chi connectivity index (χ4v) is 3.84. The molecule has 1 fully saturated rings. The third kappa shape index (κ3) is 4.80. The van der Waals surface area contributed by atoms with Crippen LogP contribution in [0.3, 0.4) is 0 Å². The normalized spacial score (nSPS) is 18.2. The van der Waals surface area contributed by atoms with E-state index in [0.717, 1.165) is 11.1 Å². The average molecular weight is 424 g/mol. The Morgan fingerprint density at radius 1 is 1.13 bits per heavy atom. The number of carbonyl (C=O) groups is 2. The monoisotopic (exact) mass is 423 g/mol. The molecule has 0 bridgehead atoms. The number of carbonyl (C=O) groups excluding carboxylic acids is 2. The van der Waals surface area contributed by atoms with Gasteiger partial charge in [0.15, 0.2) is 0 Å². The van der Waals surface area contributed by atoms with Gasteiger partial charge in [0.1, 0.15) is 11.5 Å². The van der Waals surface area contributed by atoms with Crippen molar-refractivity contribution in [2.24, 2.45) is 0 Å². The molecular formula is C25H29NO5. The minimum absolute atomic E-state index is 0.0259. The number of ether oxygens (including phenoxy) is 1. The number of rotatable bonds is 7. The Balaban J connectivity index is 2.08. The number of aliphatic hydroxyl groups excluding tert-OH is 1. The molecule has 0 saturated carbocycles. The largest absolute Gasteiger partial charge is 0.508 e. The Morgan fingerprint density at radius 2 is 1.87 bits per heavy atom. The minimum atomic E-state index is -0.786. The third-order valence-electron chi connectivity index (χ3n) is 5.37. The quantitative estimate of drug-likeness (QED) is 0.301. The van der Waals surface area contributed by atoms with Gasteiger partial charge in [0, 0.05) is 18.7 Å². The molecule has 1 aliphatic rings. The summed E-state index contributed by atoms with van der Waals surface area (Å²) < 4.78 is 5.57. The molecule has 0 spiro atoms. The molecule has 6 nitrogen and oxygen atoms in total. The lowest BCUT2D eigenvalue weighted by Crippen LogP contribution is -2.31. The first-order chi connectivity index (χ1) is 14.7. The highest BCUT2D eigenvalue weighted by Crippen LogP contribution is 2.40. The predicted molar refractivity (Wildman–Crippen MR) is 119 cm³/mol. The molecule has 1 atom stereocenters. The van der Waals surface area contributed by atoms with Crippen LogP contribution < -0.4 is 0 Å². The number of benzene rings is 2. The lowest BCUT2D eigenvalue weighted by Gasteiger charge is -2.25. The van der Waals surface area contributed by atoms with Gasteiger partial charge in [-0.1, -0.05) is 29.8 Å². The van der Waals surface area contributed by atoms with Gasteiger partial charge in [-0.15, -0.1) is 0 Å². The van der Waals surface area contributed by atoms with Crippen LogP contribution in [0.2, 0.25) is 0 Å². The summed E-state index contributed by atoms with van der Waals surface area (Å²) in [6.45, 7) is 8.35. The third-order valence-corrected chi connectivity index (χ3v) is 5.37. The molecule has 2 N–H and O–H groups in total. The number of likely N-dealkylation sites (tertiary alicyclic amines) is 1. The number of hydrogen-bond acceptors (Lipinski definition) is 5. The van der Waals surface area contributed by atoms with Gasteiger partial charge in [0.2, 0.25) is 0 Å². The zero-order chi connectivity index (χ0) is 22.7. The SMILES string of the molecule is Cc1ccc(C)c(/C(O)=C2\C(=O)C(=O)N(CCCOC(C)C)C2c2cccc(O)c2)c1. The van der Waals surface area contributed by atoms with E-state index >= 15 is 0 Å². The van der Waals surface area contributed by atoms with Crippen molar-refractivity contribution in [3.05, 3.63) is 70.3 Å². The van der Waals surface area contributed by atoms with E-state index in [2.05, 4.69) is 0 Å². The summed E-state index contributed by atoms with van der Waals surface area (Å²) in [5.41, 5.74) is 2.85. The number of aryl methyl sites for hydroxylation is 2. The molecule has 2 aromatic carbocycles. The van der Waals surface area contributed by atoms with Crippen LogP contribution in [0.1, 0.15) is 48.6 Å². The first-order valence-electron chi connectivity index (χ1n) is 10.5. The molecule has 0 radical (unpaired) electrons. The van der Waals surface area contributed by atoms with Crippen molar-refractivity contribution >= 4 is 17.4 Å². The van der Waals surface area contributed by atoms with Gasteiger partial charge in [0.25, 0.3) is 11.7 Å². The summed E-state index contributed by atoms with van der Waals surface area (Å²) in [4.78, 5) is 27.4. The van der Waals surface area contributed by atoms with Crippen molar-refractivity contribution in [1.82, 2.24) is 4.90 Å². The van der Waals surface area contributed by atoms with E-state index in [4.69, 9.17) is 4.74 Å². The van der Waals surface area contributed by atoms with Crippen molar-refractivity contribution in [3.63, 3.8) is 0 Å². The highest BCUT2D eigenvalue weighted by molar-refractivity contribution is 6.46. The van der Waals surface area contributed by atoms with Crippen LogP contribution in [0, 0.1) is 13.8 Å². The number of Topliss-reactive ketones (excluding diaryl/α,β-unsaturated/α-hetero) is 1. The Bertz CT molecular complexity index is 1020. The number of amides is 1. The highest BCUT2D eigenvalue weighted by Gasteiger charge is 2.46. The summed E-state index contributed by atoms with van der Waals surface area (Å²) in [7, 11) is 0. The maximum Gasteiger partial charge on any atom is 0.295 e. The molecule has 3 rings (SSSR count). The van der Waals surface area contributed by atoms with Gasteiger partial charge < -0.3 is 19.8 Å². The van der Waals surface area contributed by atoms with Crippen LogP contribution in [0.5, 0.6) is 5.75 Å². The van der Waals surface area contributed by atoms with Gasteiger partial charge in [-0.25, -0.2) is 0 Å². The second-order valence-electron chi connectivity index (χ2n) is 8.18. The van der Waals surface area contributed by atoms with Crippen LogP contribution >= 0.6 is 0 Å². The molecule has 1 saturated heterocycles. The highest BCUT2D eigenvalue weighted by atomic mass is 16.5. The van der Waals surface area contributed by atoms with Crippen LogP contribution in [-0.2, 0) is 14.3 Å². The van der Waals surface area contributed by atoms with Crippen LogP contribution in [0.25, 0.3) is 5.76 Å². The number of phenolic OH excluding ortho intramolecular Hbond substituents is 1. The maximum atomic E-state index is 13.0. The standard InChI is InChI=1S/C25H29NO5/c1-15(2)31-12-6-11-26-22(18-7-5-8-19(27)14-18)21(24(29)25(26)30)23(28)20-13-16(3)9-10-17(20)4/h5,7-10,13-15,22,27-28H,6,11-12H2,1-4H3/b23-21+. The van der Waals surface area contributed by atoms with Crippen molar-refractivity contribution in [2.75, 3.05) is 13.2 Å². The van der Waals surface area contributed by atoms with Gasteiger partial charge in [-0.2, -0.15) is 0 Å². The average Bonchev–Trinajstić information content (AvgIpc) is 2.97. The Morgan fingerprint density at radius 3 is 2.55 bits per heavy atom. The Kier molecular flexibility index (Phi) is 6.81. The first kappa shape index (κ1) is 22.6. The summed E-state index contributed by atoms with van der Waals surface area (Å²) >= 11 is 0. The molecule has 31 heavy (non-hydrogen) atoms. The van der Waals surface area contributed by atoms with Crippen molar-refractivity contribution in [1.29, 1.82) is 0 Å². The van der Waals surface area contributed by atoms with E-state index in [9.17, 15) is 19.8 Å². The molecule has 0 aromatic heterocycles. The second-order valence-corrected chi connectivity index (χ2v) is 8.18. The topological polar surface area (TPSA) is 87.1 Å². The Hall–Kier alpha value is -3.12. The van der Waals surface area contributed by atoms with Crippen molar-refractivity contribution < 1.29 is 24.5 Å². The first-order valence-corrected chi connectivity index (χ1v) is 10.5. The second kappa shape index (κ2) is 9.35. The van der Waals surface area contributed by atoms with E-state index in [-0.39, 0.29) is 23.2 Å². The number of phenols is 1. The summed E-state index contributed by atoms with van der Waals surface area (Å²) in [5.74, 6) is -1.56. The molecule has 164 valence electrons. The summed E-state index contributed by atoms with van der Waals surface area (Å²) in [5, 5.41) is 21.2. The number of aliphatic hydroxyl groups is 1. The lowest BCUT2D eigenvalue weighted by molar-refractivity contribution is -0.140. The molecular weight excluding hydrogens is 394 g/mol. The molecule has 2 aromatic rings. The fraction of sp³-hybridized carbons (Fsp3) is 0.360. The number of hydrogen-bond donors (Lipinski definition) is 2. The van der Waals surface area contributed by atoms with Gasteiger partial charge in [-0.3, -0.25) is 9.59 Å². The van der Waals surface area contributed by atoms with Gasteiger partial charge in [0.05, 0.1) is 17.7 Å². The van der Waals surface area contributed by atoms with E-state index in [0.29, 0.717) is 30.7 Å². The zero-order valence-corrected chi connectivity index (χ0v) is 18.4. The Labute approximate surface area is 182 Å². The number of nitrogens with zero attached hydrogens (tertiary/aromatic N) is 1. The number of aromatic hydroxyl groups is 1.